The summed E-state index contributed by atoms with van der Waals surface area (Å²) in [4.78, 5) is 33.3. The first-order valence-corrected chi connectivity index (χ1v) is 14.4. The lowest BCUT2D eigenvalue weighted by molar-refractivity contribution is 0.138. The predicted molar refractivity (Wildman–Crippen MR) is 170 cm³/mol. The third kappa shape index (κ3) is 6.06. The summed E-state index contributed by atoms with van der Waals surface area (Å²) in [5.41, 5.74) is 6.88. The van der Waals surface area contributed by atoms with Crippen molar-refractivity contribution in [3.63, 3.8) is 0 Å². The van der Waals surface area contributed by atoms with Gasteiger partial charge in [0, 0.05) is 29.5 Å². The molecule has 222 valence electrons. The van der Waals surface area contributed by atoms with Crippen molar-refractivity contribution in [1.29, 1.82) is 0 Å². The van der Waals surface area contributed by atoms with Crippen LogP contribution in [0, 0.1) is 6.92 Å². The number of ether oxygens (including phenoxy) is 1. The van der Waals surface area contributed by atoms with Gasteiger partial charge in [-0.25, -0.2) is 9.78 Å². The summed E-state index contributed by atoms with van der Waals surface area (Å²) < 4.78 is 12.5. The maximum absolute atomic E-state index is 14.1. The fourth-order valence-corrected chi connectivity index (χ4v) is 5.78. The second kappa shape index (κ2) is 12.1. The van der Waals surface area contributed by atoms with E-state index in [-0.39, 0.29) is 23.6 Å². The molecule has 2 aromatic heterocycles. The molecule has 3 aromatic carbocycles. The van der Waals surface area contributed by atoms with Crippen LogP contribution in [0.5, 0.6) is 5.75 Å². The highest BCUT2D eigenvalue weighted by Gasteiger charge is 2.30. The molecule has 6 rings (SSSR count). The Morgan fingerprint density at radius 3 is 2.44 bits per heavy atom. The third-order valence-corrected chi connectivity index (χ3v) is 7.77. The highest BCUT2D eigenvalue weighted by molar-refractivity contribution is 5.85. The Morgan fingerprint density at radius 2 is 1.74 bits per heavy atom. The molecule has 5 aromatic rings. The van der Waals surface area contributed by atoms with Crippen LogP contribution in [0.25, 0.3) is 28.2 Å². The van der Waals surface area contributed by atoms with Crippen LogP contribution in [0.3, 0.4) is 0 Å². The molecular weight excluding hydrogens is 564 g/mol. The van der Waals surface area contributed by atoms with Crippen molar-refractivity contribution in [2.75, 3.05) is 0 Å². The number of H-pyrrole nitrogens is 1. The minimum Gasteiger partial charge on any atom is -0.487 e. The Bertz CT molecular complexity index is 1890. The van der Waals surface area contributed by atoms with E-state index < -0.39 is 5.76 Å². The van der Waals surface area contributed by atoms with Gasteiger partial charge in [-0.2, -0.15) is 0 Å². The maximum atomic E-state index is 14.1. The zero-order valence-corrected chi connectivity index (χ0v) is 25.6. The average Bonchev–Trinajstić information content (AvgIpc) is 3.54. The molecular formula is C34H35ClN4O4. The summed E-state index contributed by atoms with van der Waals surface area (Å²) in [6, 6.07) is 21.8. The van der Waals surface area contributed by atoms with Crippen LogP contribution in [0.4, 0.5) is 0 Å². The summed E-state index contributed by atoms with van der Waals surface area (Å²) in [5, 5.41) is 3.86. The van der Waals surface area contributed by atoms with Gasteiger partial charge in [-0.15, -0.1) is 12.4 Å². The number of nitrogens with zero attached hydrogens (tertiary/aromatic N) is 3. The fraction of sp³-hybridized carbons (Fsp3) is 0.294. The Morgan fingerprint density at radius 1 is 1.00 bits per heavy atom. The topological polar surface area (TPSA) is 103 Å². The molecule has 0 unspecified atom stereocenters. The average molecular weight is 599 g/mol. The monoisotopic (exact) mass is 598 g/mol. The van der Waals surface area contributed by atoms with Gasteiger partial charge in [0.2, 0.25) is 0 Å². The van der Waals surface area contributed by atoms with Gasteiger partial charge >= 0.3 is 5.76 Å². The van der Waals surface area contributed by atoms with Gasteiger partial charge in [0.15, 0.2) is 5.82 Å². The van der Waals surface area contributed by atoms with Crippen molar-refractivity contribution in [2.24, 2.45) is 0 Å². The lowest BCUT2D eigenvalue weighted by Crippen LogP contribution is -2.28. The molecule has 0 fully saturated rings. The van der Waals surface area contributed by atoms with E-state index in [1.807, 2.05) is 67.6 Å². The lowest BCUT2D eigenvalue weighted by atomic mass is 9.96. The molecule has 0 saturated carbocycles. The Kier molecular flexibility index (Phi) is 8.42. The number of unbranched alkanes of at least 4 members (excludes halogenated alkanes) is 1. The summed E-state index contributed by atoms with van der Waals surface area (Å²) in [6.45, 7) is 8.20. The number of benzene rings is 3. The number of aromatic amines is 1. The van der Waals surface area contributed by atoms with E-state index in [1.165, 1.54) is 0 Å². The van der Waals surface area contributed by atoms with Crippen LogP contribution in [0.15, 0.2) is 80.8 Å². The molecule has 0 spiro atoms. The van der Waals surface area contributed by atoms with Crippen LogP contribution >= 0.6 is 12.4 Å². The van der Waals surface area contributed by atoms with Gasteiger partial charge in [0.05, 0.1) is 11.4 Å². The Hall–Kier alpha value is -4.43. The van der Waals surface area contributed by atoms with E-state index in [2.05, 4.69) is 37.0 Å². The van der Waals surface area contributed by atoms with E-state index in [0.29, 0.717) is 18.1 Å². The number of aryl methyl sites for hydroxylation is 2. The molecule has 0 aliphatic carbocycles. The van der Waals surface area contributed by atoms with Crippen LogP contribution in [-0.4, -0.2) is 25.3 Å². The first-order chi connectivity index (χ1) is 20.2. The number of nitrogens with one attached hydrogen (secondary N) is 1. The first kappa shape index (κ1) is 30.0. The number of halogens is 1. The largest absolute Gasteiger partial charge is 0.487 e. The van der Waals surface area contributed by atoms with Crippen molar-refractivity contribution in [3.05, 3.63) is 116 Å². The minimum absolute atomic E-state index is 0. The van der Waals surface area contributed by atoms with Gasteiger partial charge < -0.3 is 4.74 Å². The van der Waals surface area contributed by atoms with E-state index in [0.717, 1.165) is 76.2 Å². The molecule has 0 amide bonds. The van der Waals surface area contributed by atoms with Gasteiger partial charge in [-0.3, -0.25) is 18.9 Å². The molecule has 0 radical (unpaired) electrons. The molecule has 1 N–H and O–H groups in total. The van der Waals surface area contributed by atoms with Crippen molar-refractivity contribution >= 4 is 12.4 Å². The number of fused-ring (bicyclic) bond motifs is 1. The SMILES string of the molecule is CCCCc1nc(C)n(-c2ccc3c(c2)CC(C)(C)O3)c(=O)c1Cc1ccc(-c2ccccc2-c2noc(=O)[nH]2)cc1.Cl. The van der Waals surface area contributed by atoms with Gasteiger partial charge in [0.25, 0.3) is 5.56 Å². The van der Waals surface area contributed by atoms with Crippen molar-refractivity contribution in [2.45, 2.75) is 65.4 Å². The molecule has 0 bridgehead atoms. The highest BCUT2D eigenvalue weighted by Crippen LogP contribution is 2.36. The fourth-order valence-electron chi connectivity index (χ4n) is 5.78. The first-order valence-electron chi connectivity index (χ1n) is 14.4. The van der Waals surface area contributed by atoms with Crippen LogP contribution < -0.4 is 16.1 Å². The van der Waals surface area contributed by atoms with E-state index in [4.69, 9.17) is 14.2 Å². The molecule has 1 aliphatic rings. The predicted octanol–water partition coefficient (Wildman–Crippen LogP) is 6.62. The maximum Gasteiger partial charge on any atom is 0.439 e. The quantitative estimate of drug-likeness (QED) is 0.215. The van der Waals surface area contributed by atoms with Gasteiger partial charge in [-0.1, -0.05) is 67.0 Å². The smallest absolute Gasteiger partial charge is 0.439 e. The zero-order chi connectivity index (χ0) is 29.4. The number of hydrogen-bond acceptors (Lipinski definition) is 6. The summed E-state index contributed by atoms with van der Waals surface area (Å²) in [6.07, 6.45) is 4.02. The highest BCUT2D eigenvalue weighted by atomic mass is 35.5. The molecule has 1 aliphatic heterocycles. The van der Waals surface area contributed by atoms with Crippen LogP contribution in [0.2, 0.25) is 0 Å². The minimum atomic E-state index is -0.594. The number of hydrogen-bond donors (Lipinski definition) is 1. The molecule has 9 heteroatoms. The van der Waals surface area contributed by atoms with Crippen molar-refractivity contribution in [3.8, 4) is 34.0 Å². The molecule has 0 atom stereocenters. The van der Waals surface area contributed by atoms with Gasteiger partial charge in [-0.05, 0) is 68.5 Å². The zero-order valence-electron chi connectivity index (χ0n) is 24.8. The standard InChI is InChI=1S/C34H34N4O4.ClH/c1-5-6-11-29-28(32(39)38(21(2)35-29)25-16-17-30-24(19-25)20-34(3,4)41-30)18-22-12-14-23(15-13-22)26-9-7-8-10-27(26)31-36-33(40)42-37-31;/h7-10,12-17,19H,5-6,11,18,20H2,1-4H3,(H,36,37,40);1H. The van der Waals surface area contributed by atoms with E-state index >= 15 is 0 Å². The molecule has 8 nitrogen and oxygen atoms in total. The van der Waals surface area contributed by atoms with Crippen LogP contribution in [0.1, 0.15) is 61.8 Å². The molecule has 43 heavy (non-hydrogen) atoms. The normalized spacial score (nSPS) is 13.3. The van der Waals surface area contributed by atoms with Crippen LogP contribution in [-0.2, 0) is 19.3 Å². The molecule has 3 heterocycles. The second-order valence-electron chi connectivity index (χ2n) is 11.5. The van der Waals surface area contributed by atoms with Gasteiger partial charge in [0.1, 0.15) is 17.2 Å². The summed E-state index contributed by atoms with van der Waals surface area (Å²) in [5.74, 6) is 1.35. The number of aromatic nitrogens is 4. The molecule has 0 saturated heterocycles. The third-order valence-electron chi connectivity index (χ3n) is 7.77. The lowest BCUT2D eigenvalue weighted by Gasteiger charge is -2.17. The summed E-state index contributed by atoms with van der Waals surface area (Å²) >= 11 is 0. The number of rotatable bonds is 8. The van der Waals surface area contributed by atoms with E-state index in [1.54, 1.807) is 4.57 Å². The van der Waals surface area contributed by atoms with E-state index in [9.17, 15) is 9.59 Å². The Labute approximate surface area is 256 Å². The second-order valence-corrected chi connectivity index (χ2v) is 11.5. The van der Waals surface area contributed by atoms with Crippen molar-refractivity contribution in [1.82, 2.24) is 19.7 Å². The van der Waals surface area contributed by atoms with Crippen molar-refractivity contribution < 1.29 is 9.26 Å². The Balaban J connectivity index is 0.00000368. The summed E-state index contributed by atoms with van der Waals surface area (Å²) in [7, 11) is 0.